The largest absolute Gasteiger partial charge is 0.354 e. The number of nitrogens with zero attached hydrogens (tertiary/aromatic N) is 1. The quantitative estimate of drug-likeness (QED) is 0.601. The van der Waals surface area contributed by atoms with Crippen LogP contribution in [0.15, 0.2) is 78.9 Å². The molecule has 1 aliphatic heterocycles. The van der Waals surface area contributed by atoms with E-state index in [1.807, 2.05) is 30.3 Å². The molecule has 6 heteroatoms. The Balaban J connectivity index is 1.53. The molecule has 0 radical (unpaired) electrons. The summed E-state index contributed by atoms with van der Waals surface area (Å²) in [7, 11) is 0. The second kappa shape index (κ2) is 8.92. The third kappa shape index (κ3) is 4.38. The number of rotatable bonds is 7. The minimum atomic E-state index is -0.969. The van der Waals surface area contributed by atoms with Gasteiger partial charge in [0.05, 0.1) is 11.1 Å². The Kier molecular flexibility index (Phi) is 5.89. The van der Waals surface area contributed by atoms with Crippen molar-refractivity contribution < 1.29 is 18.8 Å². The highest BCUT2D eigenvalue weighted by molar-refractivity contribution is 6.22. The fourth-order valence-electron chi connectivity index (χ4n) is 3.73. The van der Waals surface area contributed by atoms with Gasteiger partial charge in [-0.2, -0.15) is 0 Å². The Labute approximate surface area is 179 Å². The zero-order valence-corrected chi connectivity index (χ0v) is 16.8. The fraction of sp³-hybridized carbons (Fsp3) is 0.160. The van der Waals surface area contributed by atoms with Crippen molar-refractivity contribution in [2.24, 2.45) is 0 Å². The standard InChI is InChI=1S/C25H21FN2O3/c26-19-12-10-17(11-13-19)14-15-27-23(29)22(16-18-6-2-1-3-7-18)28-24(30)20-8-4-5-9-21(20)25(28)31/h1-13,22H,14-16H2,(H,27,29)/t22-/m0/s1. The zero-order chi connectivity index (χ0) is 21.8. The van der Waals surface area contributed by atoms with Crippen molar-refractivity contribution in [3.8, 4) is 0 Å². The first-order valence-electron chi connectivity index (χ1n) is 10.1. The van der Waals surface area contributed by atoms with Crippen molar-refractivity contribution in [1.82, 2.24) is 10.2 Å². The lowest BCUT2D eigenvalue weighted by Gasteiger charge is -2.25. The van der Waals surface area contributed by atoms with Gasteiger partial charge >= 0.3 is 0 Å². The number of imide groups is 1. The Hall–Kier alpha value is -3.80. The fourth-order valence-corrected chi connectivity index (χ4v) is 3.73. The van der Waals surface area contributed by atoms with Crippen LogP contribution in [0.4, 0.5) is 4.39 Å². The summed E-state index contributed by atoms with van der Waals surface area (Å²) < 4.78 is 13.1. The molecule has 0 aromatic heterocycles. The molecule has 1 heterocycles. The Morgan fingerprint density at radius 2 is 1.39 bits per heavy atom. The summed E-state index contributed by atoms with van der Waals surface area (Å²) in [5.74, 6) is -1.65. The van der Waals surface area contributed by atoms with E-state index in [-0.39, 0.29) is 12.2 Å². The van der Waals surface area contributed by atoms with Crippen LogP contribution in [0.1, 0.15) is 31.8 Å². The number of halogens is 1. The number of amides is 3. The van der Waals surface area contributed by atoms with Crippen LogP contribution in [0.2, 0.25) is 0 Å². The van der Waals surface area contributed by atoms with E-state index < -0.39 is 23.8 Å². The molecule has 0 spiro atoms. The highest BCUT2D eigenvalue weighted by Gasteiger charge is 2.42. The number of hydrogen-bond acceptors (Lipinski definition) is 3. The van der Waals surface area contributed by atoms with E-state index in [1.165, 1.54) is 12.1 Å². The molecule has 1 atom stereocenters. The highest BCUT2D eigenvalue weighted by Crippen LogP contribution is 2.26. The maximum Gasteiger partial charge on any atom is 0.262 e. The van der Waals surface area contributed by atoms with E-state index >= 15 is 0 Å². The average Bonchev–Trinajstić information content (AvgIpc) is 3.04. The predicted molar refractivity (Wildman–Crippen MR) is 114 cm³/mol. The first-order valence-corrected chi connectivity index (χ1v) is 10.1. The minimum absolute atomic E-state index is 0.217. The van der Waals surface area contributed by atoms with Gasteiger partial charge in [0.1, 0.15) is 11.9 Å². The molecule has 0 aliphatic carbocycles. The van der Waals surface area contributed by atoms with Crippen LogP contribution < -0.4 is 5.32 Å². The maximum absolute atomic E-state index is 13.1. The van der Waals surface area contributed by atoms with Gasteiger partial charge in [-0.1, -0.05) is 54.6 Å². The molecule has 0 saturated heterocycles. The van der Waals surface area contributed by atoms with Crippen LogP contribution in [0.3, 0.4) is 0 Å². The molecule has 0 unspecified atom stereocenters. The van der Waals surface area contributed by atoms with Gasteiger partial charge in [0, 0.05) is 13.0 Å². The van der Waals surface area contributed by atoms with Crippen LogP contribution in [0.5, 0.6) is 0 Å². The van der Waals surface area contributed by atoms with E-state index in [1.54, 1.807) is 36.4 Å². The van der Waals surface area contributed by atoms with Crippen LogP contribution in [0.25, 0.3) is 0 Å². The Morgan fingerprint density at radius 1 is 0.806 bits per heavy atom. The molecule has 5 nitrogen and oxygen atoms in total. The number of fused-ring (bicyclic) bond motifs is 1. The molecular formula is C25H21FN2O3. The van der Waals surface area contributed by atoms with Gasteiger partial charge in [0.25, 0.3) is 11.8 Å². The number of nitrogens with one attached hydrogen (secondary N) is 1. The maximum atomic E-state index is 13.1. The third-order valence-electron chi connectivity index (χ3n) is 5.34. The van der Waals surface area contributed by atoms with Crippen molar-refractivity contribution in [1.29, 1.82) is 0 Å². The highest BCUT2D eigenvalue weighted by atomic mass is 19.1. The van der Waals surface area contributed by atoms with Crippen molar-refractivity contribution in [2.45, 2.75) is 18.9 Å². The van der Waals surface area contributed by atoms with E-state index in [0.29, 0.717) is 24.1 Å². The molecule has 3 amide bonds. The summed E-state index contributed by atoms with van der Waals surface area (Å²) in [6.45, 7) is 0.304. The van der Waals surface area contributed by atoms with E-state index in [2.05, 4.69) is 5.32 Å². The molecule has 31 heavy (non-hydrogen) atoms. The molecule has 4 rings (SSSR count). The number of carbonyl (C=O) groups is 3. The summed E-state index contributed by atoms with van der Waals surface area (Å²) >= 11 is 0. The first kappa shape index (κ1) is 20.5. The normalized spacial score (nSPS) is 13.8. The molecule has 3 aromatic carbocycles. The molecule has 0 bridgehead atoms. The van der Waals surface area contributed by atoms with Crippen molar-refractivity contribution in [2.75, 3.05) is 6.54 Å². The molecule has 156 valence electrons. The smallest absolute Gasteiger partial charge is 0.262 e. The van der Waals surface area contributed by atoms with Gasteiger partial charge in [-0.25, -0.2) is 4.39 Å². The van der Waals surface area contributed by atoms with E-state index in [9.17, 15) is 18.8 Å². The van der Waals surface area contributed by atoms with Gasteiger partial charge in [-0.3, -0.25) is 19.3 Å². The van der Waals surface area contributed by atoms with Gasteiger partial charge < -0.3 is 5.32 Å². The summed E-state index contributed by atoms with van der Waals surface area (Å²) in [6, 6.07) is 21.0. The zero-order valence-electron chi connectivity index (χ0n) is 16.8. The van der Waals surface area contributed by atoms with Crippen molar-refractivity contribution >= 4 is 17.7 Å². The summed E-state index contributed by atoms with van der Waals surface area (Å²) in [5.41, 5.74) is 2.34. The Bertz CT molecular complexity index is 1080. The monoisotopic (exact) mass is 416 g/mol. The summed E-state index contributed by atoms with van der Waals surface area (Å²) in [6.07, 6.45) is 0.723. The molecule has 0 saturated carbocycles. The first-order chi connectivity index (χ1) is 15.0. The lowest BCUT2D eigenvalue weighted by molar-refractivity contribution is -0.125. The number of carbonyl (C=O) groups excluding carboxylic acids is 3. The minimum Gasteiger partial charge on any atom is -0.354 e. The SMILES string of the molecule is O=C(NCCc1ccc(F)cc1)[C@H](Cc1ccccc1)N1C(=O)c2ccccc2C1=O. The van der Waals surface area contributed by atoms with Crippen molar-refractivity contribution in [3.05, 3.63) is 107 Å². The molecular weight excluding hydrogens is 395 g/mol. The van der Waals surface area contributed by atoms with E-state index in [4.69, 9.17) is 0 Å². The van der Waals surface area contributed by atoms with Gasteiger partial charge in [0.2, 0.25) is 5.91 Å². The predicted octanol–water partition coefficient (Wildman–Crippen LogP) is 3.39. The lowest BCUT2D eigenvalue weighted by atomic mass is 10.0. The van der Waals surface area contributed by atoms with Crippen LogP contribution in [0, 0.1) is 5.82 Å². The van der Waals surface area contributed by atoms with Crippen LogP contribution in [-0.4, -0.2) is 35.2 Å². The number of benzene rings is 3. The Morgan fingerprint density at radius 3 is 2.00 bits per heavy atom. The second-order valence-electron chi connectivity index (χ2n) is 7.40. The molecule has 0 fully saturated rings. The van der Waals surface area contributed by atoms with Gasteiger partial charge in [-0.05, 0) is 41.8 Å². The van der Waals surface area contributed by atoms with E-state index in [0.717, 1.165) is 16.0 Å². The molecule has 1 N–H and O–H groups in total. The molecule has 3 aromatic rings. The topological polar surface area (TPSA) is 66.5 Å². The summed E-state index contributed by atoms with van der Waals surface area (Å²) in [5, 5.41) is 2.83. The van der Waals surface area contributed by atoms with Gasteiger partial charge in [0.15, 0.2) is 0 Å². The average molecular weight is 416 g/mol. The second-order valence-corrected chi connectivity index (χ2v) is 7.40. The summed E-state index contributed by atoms with van der Waals surface area (Å²) in [4.78, 5) is 40.1. The van der Waals surface area contributed by atoms with Gasteiger partial charge in [-0.15, -0.1) is 0 Å². The molecule has 1 aliphatic rings. The van der Waals surface area contributed by atoms with Crippen LogP contribution in [-0.2, 0) is 17.6 Å². The van der Waals surface area contributed by atoms with Crippen LogP contribution >= 0.6 is 0 Å². The van der Waals surface area contributed by atoms with Crippen molar-refractivity contribution in [3.63, 3.8) is 0 Å². The third-order valence-corrected chi connectivity index (χ3v) is 5.34. The lowest BCUT2D eigenvalue weighted by Crippen LogP contribution is -2.51. The number of hydrogen-bond donors (Lipinski definition) is 1.